The minimum absolute atomic E-state index is 0. The maximum absolute atomic E-state index is 10.3. The van der Waals surface area contributed by atoms with Gasteiger partial charge in [0, 0.05) is 13.2 Å². The van der Waals surface area contributed by atoms with Gasteiger partial charge in [-0.3, -0.25) is 4.68 Å². The van der Waals surface area contributed by atoms with Crippen molar-refractivity contribution < 1.29 is 34.4 Å². The van der Waals surface area contributed by atoms with Gasteiger partial charge in [-0.1, -0.05) is 0 Å². The van der Waals surface area contributed by atoms with Crippen molar-refractivity contribution in [3.8, 4) is 0 Å². The Morgan fingerprint density at radius 1 is 1.80 bits per heavy atom. The molecule has 0 spiro atoms. The van der Waals surface area contributed by atoms with Crippen LogP contribution in [0.5, 0.6) is 0 Å². The van der Waals surface area contributed by atoms with Crippen molar-refractivity contribution in [2.45, 2.75) is 0 Å². The van der Waals surface area contributed by atoms with E-state index in [1.165, 1.54) is 16.9 Å². The van der Waals surface area contributed by atoms with Crippen LogP contribution in [-0.2, 0) is 7.05 Å². The molecule has 1 N–H and O–H groups in total. The molecule has 1 heterocycles. The second-order valence-corrected chi connectivity index (χ2v) is 1.67. The first-order valence-corrected chi connectivity index (χ1v) is 2.46. The van der Waals surface area contributed by atoms with Crippen molar-refractivity contribution in [1.82, 2.24) is 9.78 Å². The van der Waals surface area contributed by atoms with Crippen LogP contribution in [0.1, 0.15) is 10.5 Å². The number of rotatable bonds is 1. The quantitative estimate of drug-likeness (QED) is 0.416. The van der Waals surface area contributed by atoms with Crippen LogP contribution in [0, 0.1) is 0 Å². The Kier molecular flexibility index (Phi) is 3.63. The maximum atomic E-state index is 10.3. The van der Waals surface area contributed by atoms with E-state index in [4.69, 9.17) is 5.73 Å². The molecule has 0 unspecified atom stereocenters. The van der Waals surface area contributed by atoms with Crippen LogP contribution in [0.25, 0.3) is 5.73 Å². The Balaban J connectivity index is 0.000000810. The number of hydrogen-bond donors (Lipinski definition) is 0. The van der Waals surface area contributed by atoms with E-state index in [2.05, 4.69) is 5.10 Å². The number of carbonyl (C=O) groups is 1. The van der Waals surface area contributed by atoms with E-state index in [9.17, 15) is 4.79 Å². The van der Waals surface area contributed by atoms with Gasteiger partial charge < -0.3 is 10.5 Å². The second kappa shape index (κ2) is 3.75. The van der Waals surface area contributed by atoms with E-state index >= 15 is 0 Å². The third kappa shape index (κ3) is 1.83. The third-order valence-electron chi connectivity index (χ3n) is 1.05. The Morgan fingerprint density at radius 2 is 2.40 bits per heavy atom. The van der Waals surface area contributed by atoms with Crippen molar-refractivity contribution in [1.29, 1.82) is 0 Å². The molecule has 1 aromatic rings. The van der Waals surface area contributed by atoms with Gasteiger partial charge in [-0.05, 0) is 6.07 Å². The van der Waals surface area contributed by atoms with Gasteiger partial charge in [-0.2, -0.15) is 5.10 Å². The van der Waals surface area contributed by atoms with Crippen LogP contribution in [0.4, 0.5) is 0 Å². The normalized spacial score (nSPS) is 8.50. The monoisotopic (exact) mass is 147 g/mol. The third-order valence-corrected chi connectivity index (χ3v) is 1.05. The van der Waals surface area contributed by atoms with E-state index in [-0.39, 0.29) is 29.6 Å². The largest absolute Gasteiger partial charge is 1.00 e. The van der Waals surface area contributed by atoms with Gasteiger partial charge in [0.2, 0.25) is 0 Å². The molecule has 0 aliphatic carbocycles. The average Bonchev–Trinajstić information content (AvgIpc) is 2.13. The zero-order chi connectivity index (χ0) is 6.85. The van der Waals surface area contributed by atoms with Gasteiger partial charge in [0.15, 0.2) is 0 Å². The smallest absolute Gasteiger partial charge is 0.662 e. The van der Waals surface area contributed by atoms with Crippen LogP contribution in [0.15, 0.2) is 12.3 Å². The molecule has 0 saturated heterocycles. The van der Waals surface area contributed by atoms with Gasteiger partial charge in [-0.25, -0.2) is 0 Å². The second-order valence-electron chi connectivity index (χ2n) is 1.67. The van der Waals surface area contributed by atoms with Crippen LogP contribution in [0.3, 0.4) is 0 Å². The molecule has 0 radical (unpaired) electrons. The minimum atomic E-state index is -0.699. The number of aromatic nitrogens is 2. The molecule has 48 valence electrons. The van der Waals surface area contributed by atoms with Crippen molar-refractivity contribution >= 4 is 5.91 Å². The Bertz CT molecular complexity index is 233. The van der Waals surface area contributed by atoms with E-state index in [1.807, 2.05) is 0 Å². The van der Waals surface area contributed by atoms with Gasteiger partial charge in [0.05, 0.1) is 11.6 Å². The molecule has 4 nitrogen and oxygen atoms in total. The number of amides is 1. The number of aryl methyl sites for hydroxylation is 1. The predicted octanol–water partition coefficient (Wildman–Crippen LogP) is -2.38. The summed E-state index contributed by atoms with van der Waals surface area (Å²) >= 11 is 0. The van der Waals surface area contributed by atoms with Gasteiger partial charge >= 0.3 is 29.6 Å². The van der Waals surface area contributed by atoms with Crippen LogP contribution < -0.4 is 29.6 Å². The van der Waals surface area contributed by atoms with Crippen molar-refractivity contribution in [2.24, 2.45) is 7.05 Å². The topological polar surface area (TPSA) is 58.7 Å². The van der Waals surface area contributed by atoms with E-state index in [0.717, 1.165) is 0 Å². The summed E-state index contributed by atoms with van der Waals surface area (Å²) in [6.07, 6.45) is 1.49. The number of carbonyl (C=O) groups excluding carboxylic acids is 1. The molecule has 0 fully saturated rings. The Labute approximate surface area is 80.7 Å². The van der Waals surface area contributed by atoms with E-state index in [0.29, 0.717) is 5.69 Å². The summed E-state index contributed by atoms with van der Waals surface area (Å²) in [7, 11) is 1.63. The Hall–Kier alpha value is -0.320. The predicted molar refractivity (Wildman–Crippen MR) is 31.9 cm³/mol. The number of nitrogens with zero attached hydrogens (tertiary/aromatic N) is 2. The molecule has 0 aliphatic rings. The molecule has 1 rings (SSSR count). The summed E-state index contributed by atoms with van der Waals surface area (Å²) in [5, 5.41) is 3.71. The first kappa shape index (κ1) is 9.68. The first-order valence-electron chi connectivity index (χ1n) is 2.46. The zero-order valence-electron chi connectivity index (χ0n) is 5.96. The molecule has 5 heteroatoms. The molecule has 0 aliphatic heterocycles. The van der Waals surface area contributed by atoms with Crippen LogP contribution in [0.2, 0.25) is 0 Å². The summed E-state index contributed by atoms with van der Waals surface area (Å²) in [5.41, 5.74) is 6.99. The molecule has 1 amide bonds. The molecule has 1 aromatic heterocycles. The minimum Gasteiger partial charge on any atom is -0.662 e. The van der Waals surface area contributed by atoms with Crippen molar-refractivity contribution in [2.75, 3.05) is 0 Å². The van der Waals surface area contributed by atoms with E-state index in [1.54, 1.807) is 7.05 Å². The summed E-state index contributed by atoms with van der Waals surface area (Å²) in [6, 6.07) is 1.51. The van der Waals surface area contributed by atoms with Crippen molar-refractivity contribution in [3.05, 3.63) is 23.7 Å². The zero-order valence-corrected chi connectivity index (χ0v) is 7.96. The molecular weight excluding hydrogens is 141 g/mol. The fraction of sp³-hybridized carbons (Fsp3) is 0.200. The summed E-state index contributed by atoms with van der Waals surface area (Å²) in [5.74, 6) is -0.699. The molecule has 0 atom stereocenters. The SMILES string of the molecule is Cn1nccc1C([NH-])=O.[Na+]. The fourth-order valence-corrected chi connectivity index (χ4v) is 0.597. The van der Waals surface area contributed by atoms with Crippen LogP contribution >= 0.6 is 0 Å². The van der Waals surface area contributed by atoms with Gasteiger partial charge in [0.1, 0.15) is 0 Å². The molecule has 0 bridgehead atoms. The summed E-state index contributed by atoms with van der Waals surface area (Å²) < 4.78 is 1.37. The Morgan fingerprint density at radius 3 is 2.60 bits per heavy atom. The van der Waals surface area contributed by atoms with E-state index < -0.39 is 5.91 Å². The van der Waals surface area contributed by atoms with Gasteiger partial charge in [-0.15, -0.1) is 0 Å². The number of hydrogen-bond acceptors (Lipinski definition) is 2. The maximum Gasteiger partial charge on any atom is 1.00 e. The molecule has 0 aromatic carbocycles. The molecular formula is C5H6N3NaO. The van der Waals surface area contributed by atoms with Crippen LogP contribution in [-0.4, -0.2) is 15.7 Å². The number of nitrogens with one attached hydrogen (secondary N) is 1. The summed E-state index contributed by atoms with van der Waals surface area (Å²) in [4.78, 5) is 10.3. The fourth-order valence-electron chi connectivity index (χ4n) is 0.597. The summed E-state index contributed by atoms with van der Waals surface area (Å²) in [6.45, 7) is 0. The molecule has 0 saturated carbocycles. The first-order chi connectivity index (χ1) is 4.22. The van der Waals surface area contributed by atoms with Gasteiger partial charge in [0.25, 0.3) is 0 Å². The van der Waals surface area contributed by atoms with Crippen molar-refractivity contribution in [3.63, 3.8) is 0 Å². The average molecular weight is 147 g/mol. The molecule has 10 heavy (non-hydrogen) atoms. The standard InChI is InChI=1S/C5H7N3O.Na/c1-8-4(5(6)9)2-3-7-8;/h2-3H,1H3,(H2,6,9);/q;+1/p-1.